The molecule has 3 heterocycles. The van der Waals surface area contributed by atoms with Crippen molar-refractivity contribution >= 4 is 11.8 Å². The molecule has 1 aromatic rings. The Morgan fingerprint density at radius 3 is 2.11 bits per heavy atom. The molecule has 0 aromatic carbocycles. The van der Waals surface area contributed by atoms with Crippen molar-refractivity contribution in [1.29, 1.82) is 0 Å². The molecule has 146 valence electrons. The van der Waals surface area contributed by atoms with E-state index >= 15 is 0 Å². The van der Waals surface area contributed by atoms with E-state index in [1.807, 2.05) is 9.80 Å². The highest BCUT2D eigenvalue weighted by atomic mass is 16.2. The van der Waals surface area contributed by atoms with Crippen LogP contribution in [0.15, 0.2) is 24.5 Å². The number of hydrogen-bond donors (Lipinski definition) is 0. The first-order valence-corrected chi connectivity index (χ1v) is 10.1. The molecular weight excluding hydrogens is 342 g/mol. The summed E-state index contributed by atoms with van der Waals surface area (Å²) >= 11 is 0. The first-order valence-electron chi connectivity index (χ1n) is 10.1. The Labute approximate surface area is 160 Å². The summed E-state index contributed by atoms with van der Waals surface area (Å²) in [5, 5.41) is 0. The molecule has 0 spiro atoms. The lowest BCUT2D eigenvalue weighted by atomic mass is 9.91. The molecule has 3 aliphatic rings. The molecule has 2 saturated heterocycles. The highest BCUT2D eigenvalue weighted by Gasteiger charge is 2.30. The lowest BCUT2D eigenvalue weighted by Crippen LogP contribution is -2.56. The molecular formula is C20H29N5O2. The van der Waals surface area contributed by atoms with E-state index in [1.54, 1.807) is 24.5 Å². The fourth-order valence-corrected chi connectivity index (χ4v) is 4.17. The second-order valence-corrected chi connectivity index (χ2v) is 7.81. The summed E-state index contributed by atoms with van der Waals surface area (Å²) in [5.74, 6) is 0.285. The van der Waals surface area contributed by atoms with E-state index in [0.29, 0.717) is 25.2 Å². The minimum Gasteiger partial charge on any atom is -0.339 e. The highest BCUT2D eigenvalue weighted by molar-refractivity contribution is 5.94. The van der Waals surface area contributed by atoms with Gasteiger partial charge in [-0.15, -0.1) is 0 Å². The minimum atomic E-state index is 0.0514. The molecule has 1 saturated carbocycles. The van der Waals surface area contributed by atoms with Gasteiger partial charge < -0.3 is 9.80 Å². The van der Waals surface area contributed by atoms with Crippen LogP contribution in [0.1, 0.15) is 29.6 Å². The van der Waals surface area contributed by atoms with Crippen molar-refractivity contribution in [3.63, 3.8) is 0 Å². The van der Waals surface area contributed by atoms with Crippen LogP contribution in [0.25, 0.3) is 0 Å². The van der Waals surface area contributed by atoms with Gasteiger partial charge >= 0.3 is 0 Å². The van der Waals surface area contributed by atoms with Crippen molar-refractivity contribution in [2.75, 3.05) is 58.9 Å². The number of carbonyl (C=O) groups is 2. The number of nitrogens with zero attached hydrogens (tertiary/aromatic N) is 5. The molecule has 3 fully saturated rings. The topological polar surface area (TPSA) is 60.0 Å². The zero-order chi connectivity index (χ0) is 18.6. The molecule has 2 aliphatic heterocycles. The number of hydrogen-bond acceptors (Lipinski definition) is 5. The third-order valence-corrected chi connectivity index (χ3v) is 6.20. The number of rotatable bonds is 4. The molecule has 1 aromatic heterocycles. The summed E-state index contributed by atoms with van der Waals surface area (Å²) in [6.45, 7) is 7.07. The monoisotopic (exact) mass is 371 g/mol. The predicted octanol–water partition coefficient (Wildman–Crippen LogP) is 0.536. The Bertz CT molecular complexity index is 648. The van der Waals surface area contributed by atoms with Crippen LogP contribution in [0, 0.1) is 0 Å². The van der Waals surface area contributed by atoms with E-state index in [-0.39, 0.29) is 11.8 Å². The van der Waals surface area contributed by atoms with Crippen LogP contribution >= 0.6 is 0 Å². The molecule has 7 heteroatoms. The fourth-order valence-electron chi connectivity index (χ4n) is 4.17. The molecule has 4 rings (SSSR count). The van der Waals surface area contributed by atoms with Gasteiger partial charge in [-0.3, -0.25) is 24.4 Å². The Hall–Kier alpha value is -1.99. The molecule has 0 radical (unpaired) electrons. The Kier molecular flexibility index (Phi) is 5.69. The number of aromatic nitrogens is 1. The van der Waals surface area contributed by atoms with Gasteiger partial charge in [0, 0.05) is 76.4 Å². The van der Waals surface area contributed by atoms with E-state index in [1.165, 1.54) is 19.3 Å². The van der Waals surface area contributed by atoms with Gasteiger partial charge in [-0.05, 0) is 25.0 Å². The van der Waals surface area contributed by atoms with E-state index in [2.05, 4.69) is 14.8 Å². The number of amides is 2. The van der Waals surface area contributed by atoms with Crippen LogP contribution in [-0.4, -0.2) is 101 Å². The summed E-state index contributed by atoms with van der Waals surface area (Å²) in [7, 11) is 0. The molecule has 2 amide bonds. The third-order valence-electron chi connectivity index (χ3n) is 6.20. The van der Waals surface area contributed by atoms with Crippen LogP contribution in [0.3, 0.4) is 0 Å². The zero-order valence-corrected chi connectivity index (χ0v) is 15.9. The first kappa shape index (κ1) is 18.4. The van der Waals surface area contributed by atoms with Crippen LogP contribution in [0.5, 0.6) is 0 Å². The van der Waals surface area contributed by atoms with Crippen molar-refractivity contribution in [3.8, 4) is 0 Å². The molecule has 0 bridgehead atoms. The zero-order valence-electron chi connectivity index (χ0n) is 15.9. The Morgan fingerprint density at radius 1 is 0.889 bits per heavy atom. The van der Waals surface area contributed by atoms with E-state index < -0.39 is 0 Å². The van der Waals surface area contributed by atoms with Crippen molar-refractivity contribution in [3.05, 3.63) is 30.1 Å². The lowest BCUT2D eigenvalue weighted by Gasteiger charge is -2.43. The summed E-state index contributed by atoms with van der Waals surface area (Å²) in [6.07, 6.45) is 7.31. The van der Waals surface area contributed by atoms with E-state index in [4.69, 9.17) is 0 Å². The van der Waals surface area contributed by atoms with Gasteiger partial charge in [-0.2, -0.15) is 0 Å². The fraction of sp³-hybridized carbons (Fsp3) is 0.650. The van der Waals surface area contributed by atoms with Crippen LogP contribution in [0.2, 0.25) is 0 Å². The molecule has 0 atom stereocenters. The summed E-state index contributed by atoms with van der Waals surface area (Å²) in [4.78, 5) is 37.7. The second-order valence-electron chi connectivity index (χ2n) is 7.81. The van der Waals surface area contributed by atoms with E-state index in [0.717, 1.165) is 45.3 Å². The molecule has 1 aliphatic carbocycles. The Balaban J connectivity index is 1.20. The van der Waals surface area contributed by atoms with Gasteiger partial charge in [0.05, 0.1) is 6.54 Å². The first-order chi connectivity index (χ1) is 13.2. The normalized spacial score (nSPS) is 22.5. The lowest BCUT2D eigenvalue weighted by molar-refractivity contribution is -0.135. The molecule has 7 nitrogen and oxygen atoms in total. The summed E-state index contributed by atoms with van der Waals surface area (Å²) in [5.41, 5.74) is 0.680. The Morgan fingerprint density at radius 2 is 1.52 bits per heavy atom. The predicted molar refractivity (Wildman–Crippen MR) is 102 cm³/mol. The van der Waals surface area contributed by atoms with Crippen molar-refractivity contribution in [2.45, 2.75) is 25.3 Å². The van der Waals surface area contributed by atoms with Gasteiger partial charge in [-0.1, -0.05) is 6.42 Å². The molecule has 27 heavy (non-hydrogen) atoms. The minimum absolute atomic E-state index is 0.0514. The number of carbonyl (C=O) groups excluding carboxylic acids is 2. The van der Waals surface area contributed by atoms with Gasteiger partial charge in [-0.25, -0.2) is 0 Å². The van der Waals surface area contributed by atoms with Gasteiger partial charge in [0.25, 0.3) is 5.91 Å². The van der Waals surface area contributed by atoms with Crippen molar-refractivity contribution in [1.82, 2.24) is 24.6 Å². The maximum atomic E-state index is 12.6. The van der Waals surface area contributed by atoms with Crippen LogP contribution < -0.4 is 0 Å². The summed E-state index contributed by atoms with van der Waals surface area (Å²) < 4.78 is 0. The third kappa shape index (κ3) is 4.30. The van der Waals surface area contributed by atoms with Crippen LogP contribution in [-0.2, 0) is 4.79 Å². The maximum Gasteiger partial charge on any atom is 0.254 e. The van der Waals surface area contributed by atoms with Crippen molar-refractivity contribution < 1.29 is 9.59 Å². The SMILES string of the molecule is O=C(CN1CCN(C(=O)c2ccncc2)CC1)N1CCN(C2CCC2)CC1. The molecule has 0 unspecified atom stereocenters. The van der Waals surface area contributed by atoms with Crippen molar-refractivity contribution in [2.24, 2.45) is 0 Å². The quantitative estimate of drug-likeness (QED) is 0.773. The largest absolute Gasteiger partial charge is 0.339 e. The average Bonchev–Trinajstić information content (AvgIpc) is 2.68. The molecule has 0 N–H and O–H groups in total. The van der Waals surface area contributed by atoms with Gasteiger partial charge in [0.1, 0.15) is 0 Å². The smallest absolute Gasteiger partial charge is 0.254 e. The summed E-state index contributed by atoms with van der Waals surface area (Å²) in [6, 6.07) is 4.27. The number of pyridine rings is 1. The average molecular weight is 371 g/mol. The van der Waals surface area contributed by atoms with E-state index in [9.17, 15) is 9.59 Å². The second kappa shape index (κ2) is 8.35. The van der Waals surface area contributed by atoms with Crippen LogP contribution in [0.4, 0.5) is 0 Å². The van der Waals surface area contributed by atoms with Gasteiger partial charge in [0.15, 0.2) is 0 Å². The van der Waals surface area contributed by atoms with Gasteiger partial charge in [0.2, 0.25) is 5.91 Å². The number of piperazine rings is 2. The highest BCUT2D eigenvalue weighted by Crippen LogP contribution is 2.25. The maximum absolute atomic E-state index is 12.6. The standard InChI is InChI=1S/C20H29N5O2/c26-19(24-14-12-23(13-15-24)18-2-1-3-18)16-22-8-10-25(11-9-22)20(27)17-4-6-21-7-5-17/h4-7,18H,1-3,8-16H2.